The van der Waals surface area contributed by atoms with Crippen molar-refractivity contribution in [3.8, 4) is 0 Å². The molecule has 0 radical (unpaired) electrons. The molecule has 0 aliphatic carbocycles. The largest absolute Gasteiger partial charge is 0.381 e. The third kappa shape index (κ3) is 6.21. The van der Waals surface area contributed by atoms with Gasteiger partial charge in [0.2, 0.25) is 0 Å². The first kappa shape index (κ1) is 16.0. The number of benzene rings is 1. The Morgan fingerprint density at radius 1 is 1.22 bits per heavy atom. The molecule has 0 amide bonds. The van der Waals surface area contributed by atoms with Crippen LogP contribution in [0.25, 0.3) is 0 Å². The molecule has 0 heterocycles. The highest BCUT2D eigenvalue weighted by Crippen LogP contribution is 2.24. The van der Waals surface area contributed by atoms with Gasteiger partial charge in [0.1, 0.15) is 0 Å². The number of rotatable bonds is 8. The molecule has 0 N–H and O–H groups in total. The summed E-state index contributed by atoms with van der Waals surface area (Å²) in [7, 11) is 0. The first-order valence-electron chi connectivity index (χ1n) is 6.52. The van der Waals surface area contributed by atoms with Gasteiger partial charge in [-0.25, -0.2) is 0 Å². The molecule has 3 heteroatoms. The van der Waals surface area contributed by atoms with Crippen LogP contribution in [0.4, 0.5) is 0 Å². The quantitative estimate of drug-likeness (QED) is 0.468. The molecule has 0 aliphatic rings. The summed E-state index contributed by atoms with van der Waals surface area (Å²) in [5.41, 5.74) is 1.28. The van der Waals surface area contributed by atoms with Gasteiger partial charge in [0.25, 0.3) is 0 Å². The lowest BCUT2D eigenvalue weighted by Crippen LogP contribution is -2.07. The van der Waals surface area contributed by atoms with Crippen molar-refractivity contribution < 1.29 is 4.74 Å². The molecule has 0 bridgehead atoms. The van der Waals surface area contributed by atoms with Crippen LogP contribution < -0.4 is 0 Å². The SMILES string of the molecule is CC(C)CCOCCC(CCl)c1cccc(Br)c1. The van der Waals surface area contributed by atoms with E-state index in [1.54, 1.807) is 0 Å². The molecule has 18 heavy (non-hydrogen) atoms. The minimum atomic E-state index is 0.378. The van der Waals surface area contributed by atoms with Crippen LogP contribution in [0.5, 0.6) is 0 Å². The zero-order chi connectivity index (χ0) is 13.4. The van der Waals surface area contributed by atoms with E-state index in [4.69, 9.17) is 16.3 Å². The highest BCUT2D eigenvalue weighted by atomic mass is 79.9. The minimum Gasteiger partial charge on any atom is -0.381 e. The number of hydrogen-bond acceptors (Lipinski definition) is 1. The van der Waals surface area contributed by atoms with E-state index in [9.17, 15) is 0 Å². The van der Waals surface area contributed by atoms with Gasteiger partial charge in [0.15, 0.2) is 0 Å². The van der Waals surface area contributed by atoms with Crippen LogP contribution in [0.15, 0.2) is 28.7 Å². The molecule has 1 unspecified atom stereocenters. The average Bonchev–Trinajstić information content (AvgIpc) is 2.33. The Labute approximate surface area is 124 Å². The second-order valence-electron chi connectivity index (χ2n) is 4.99. The molecule has 0 saturated heterocycles. The van der Waals surface area contributed by atoms with Gasteiger partial charge < -0.3 is 4.74 Å². The van der Waals surface area contributed by atoms with E-state index in [2.05, 4.69) is 48.0 Å². The Kier molecular flexibility index (Phi) is 7.96. The van der Waals surface area contributed by atoms with E-state index < -0.39 is 0 Å². The van der Waals surface area contributed by atoms with Gasteiger partial charge in [0.05, 0.1) is 0 Å². The molecule has 0 saturated carbocycles. The lowest BCUT2D eigenvalue weighted by molar-refractivity contribution is 0.118. The van der Waals surface area contributed by atoms with Crippen LogP contribution in [0.1, 0.15) is 38.2 Å². The molecule has 1 nitrogen and oxygen atoms in total. The summed E-state index contributed by atoms with van der Waals surface area (Å²) in [6.07, 6.45) is 2.11. The fraction of sp³-hybridized carbons (Fsp3) is 0.600. The van der Waals surface area contributed by atoms with Gasteiger partial charge in [-0.3, -0.25) is 0 Å². The van der Waals surface area contributed by atoms with Gasteiger partial charge in [-0.2, -0.15) is 0 Å². The Morgan fingerprint density at radius 2 is 1.94 bits per heavy atom. The monoisotopic (exact) mass is 332 g/mol. The standard InChI is InChI=1S/C15H22BrClO/c1-12(2)6-8-18-9-7-14(11-17)13-4-3-5-15(16)10-13/h3-5,10,12,14H,6-9,11H2,1-2H3. The zero-order valence-corrected chi connectivity index (χ0v) is 13.5. The minimum absolute atomic E-state index is 0.378. The van der Waals surface area contributed by atoms with Crippen molar-refractivity contribution in [1.29, 1.82) is 0 Å². The number of ether oxygens (including phenoxy) is 1. The summed E-state index contributed by atoms with van der Waals surface area (Å²) in [4.78, 5) is 0. The highest BCUT2D eigenvalue weighted by molar-refractivity contribution is 9.10. The lowest BCUT2D eigenvalue weighted by atomic mass is 9.98. The molecule has 0 fully saturated rings. The van der Waals surface area contributed by atoms with Crippen molar-refractivity contribution in [1.82, 2.24) is 0 Å². The molecular weight excluding hydrogens is 312 g/mol. The highest BCUT2D eigenvalue weighted by Gasteiger charge is 2.10. The third-order valence-electron chi connectivity index (χ3n) is 2.96. The smallest absolute Gasteiger partial charge is 0.0472 e. The van der Waals surface area contributed by atoms with Crippen molar-refractivity contribution in [2.24, 2.45) is 5.92 Å². The Morgan fingerprint density at radius 3 is 2.56 bits per heavy atom. The summed E-state index contributed by atoms with van der Waals surface area (Å²) in [6, 6.07) is 8.36. The van der Waals surface area contributed by atoms with Crippen molar-refractivity contribution in [2.45, 2.75) is 32.6 Å². The number of alkyl halides is 1. The van der Waals surface area contributed by atoms with E-state index in [0.29, 0.717) is 17.7 Å². The van der Waals surface area contributed by atoms with E-state index in [-0.39, 0.29) is 0 Å². The van der Waals surface area contributed by atoms with Crippen LogP contribution in [0, 0.1) is 5.92 Å². The summed E-state index contributed by atoms with van der Waals surface area (Å²) < 4.78 is 6.77. The fourth-order valence-corrected chi connectivity index (χ4v) is 2.49. The summed E-state index contributed by atoms with van der Waals surface area (Å²) in [5, 5.41) is 0. The maximum absolute atomic E-state index is 6.05. The van der Waals surface area contributed by atoms with E-state index >= 15 is 0 Å². The molecular formula is C15H22BrClO. The van der Waals surface area contributed by atoms with Gasteiger partial charge in [-0.05, 0) is 42.4 Å². The Balaban J connectivity index is 2.34. The van der Waals surface area contributed by atoms with Gasteiger partial charge in [0, 0.05) is 23.6 Å². The Hall–Kier alpha value is -0.0500. The maximum atomic E-state index is 6.05. The third-order valence-corrected chi connectivity index (χ3v) is 3.82. The van der Waals surface area contributed by atoms with Gasteiger partial charge in [-0.15, -0.1) is 11.6 Å². The second kappa shape index (κ2) is 8.95. The van der Waals surface area contributed by atoms with Gasteiger partial charge >= 0.3 is 0 Å². The molecule has 0 aliphatic heterocycles. The molecule has 0 aromatic heterocycles. The fourth-order valence-electron chi connectivity index (χ4n) is 1.74. The van der Waals surface area contributed by atoms with E-state index in [1.807, 2.05) is 6.07 Å². The van der Waals surface area contributed by atoms with Gasteiger partial charge in [-0.1, -0.05) is 41.9 Å². The molecule has 0 spiro atoms. The second-order valence-corrected chi connectivity index (χ2v) is 6.21. The van der Waals surface area contributed by atoms with Crippen molar-refractivity contribution in [3.05, 3.63) is 34.3 Å². The van der Waals surface area contributed by atoms with Crippen molar-refractivity contribution in [3.63, 3.8) is 0 Å². The van der Waals surface area contributed by atoms with E-state index in [1.165, 1.54) is 5.56 Å². The van der Waals surface area contributed by atoms with Crippen LogP contribution >= 0.6 is 27.5 Å². The molecule has 1 atom stereocenters. The van der Waals surface area contributed by atoms with Crippen LogP contribution in [0.2, 0.25) is 0 Å². The average molecular weight is 334 g/mol. The van der Waals surface area contributed by atoms with Crippen molar-refractivity contribution in [2.75, 3.05) is 19.1 Å². The van der Waals surface area contributed by atoms with E-state index in [0.717, 1.165) is 30.5 Å². The first-order chi connectivity index (χ1) is 8.63. The lowest BCUT2D eigenvalue weighted by Gasteiger charge is -2.15. The zero-order valence-electron chi connectivity index (χ0n) is 11.2. The van der Waals surface area contributed by atoms with Crippen molar-refractivity contribution >= 4 is 27.5 Å². The molecule has 102 valence electrons. The summed E-state index contributed by atoms with van der Waals surface area (Å²) in [5.74, 6) is 1.73. The number of halogens is 2. The first-order valence-corrected chi connectivity index (χ1v) is 7.85. The van der Waals surface area contributed by atoms with Crippen LogP contribution in [-0.4, -0.2) is 19.1 Å². The molecule has 1 aromatic carbocycles. The molecule has 1 rings (SSSR count). The van der Waals surface area contributed by atoms with Crippen LogP contribution in [-0.2, 0) is 4.74 Å². The predicted molar refractivity (Wildman–Crippen MR) is 82.5 cm³/mol. The number of hydrogen-bond donors (Lipinski definition) is 0. The summed E-state index contributed by atoms with van der Waals surface area (Å²) >= 11 is 9.54. The molecule has 1 aromatic rings. The maximum Gasteiger partial charge on any atom is 0.0472 e. The topological polar surface area (TPSA) is 9.23 Å². The summed E-state index contributed by atoms with van der Waals surface area (Å²) in [6.45, 7) is 6.07. The Bertz CT molecular complexity index is 341. The normalized spacial score (nSPS) is 12.9. The predicted octanol–water partition coefficient (Wildman–Crippen LogP) is 5.22. The van der Waals surface area contributed by atoms with Crippen LogP contribution in [0.3, 0.4) is 0 Å².